The Kier molecular flexibility index (Phi) is 3.43. The van der Waals surface area contributed by atoms with Gasteiger partial charge >= 0.3 is 0 Å². The van der Waals surface area contributed by atoms with Gasteiger partial charge < -0.3 is 20.1 Å². The maximum atomic E-state index is 5.81. The van der Waals surface area contributed by atoms with Crippen LogP contribution in [0.5, 0.6) is 0 Å². The summed E-state index contributed by atoms with van der Waals surface area (Å²) in [6.07, 6.45) is 0. The quantitative estimate of drug-likeness (QED) is 0.826. The molecule has 2 aromatic rings. The third kappa shape index (κ3) is 2.41. The molecule has 0 aliphatic carbocycles. The standard InChI is InChI=1S/C13H21N5/c1-16(2)7-8-18-12-6-5-10(14)9-11(12)15-13(18)17(3)4/h5-6,9H,7-8,14H2,1-4H3. The molecule has 1 aromatic heterocycles. The van der Waals surface area contributed by atoms with Gasteiger partial charge in [0.1, 0.15) is 0 Å². The highest BCUT2D eigenvalue weighted by atomic mass is 15.3. The minimum Gasteiger partial charge on any atom is -0.399 e. The Hall–Kier alpha value is -1.75. The number of nitrogen functional groups attached to an aromatic ring is 1. The molecule has 0 aliphatic rings. The molecule has 0 fully saturated rings. The van der Waals surface area contributed by atoms with Gasteiger partial charge in [-0.3, -0.25) is 0 Å². The zero-order valence-electron chi connectivity index (χ0n) is 11.5. The van der Waals surface area contributed by atoms with Crippen LogP contribution in [0, 0.1) is 0 Å². The molecule has 0 aliphatic heterocycles. The minimum absolute atomic E-state index is 0.755. The fraction of sp³-hybridized carbons (Fsp3) is 0.462. The predicted octanol–water partition coefficient (Wildman–Crippen LogP) is 1.25. The molecule has 2 rings (SSSR count). The summed E-state index contributed by atoms with van der Waals surface area (Å²) in [5.41, 5.74) is 8.66. The number of anilines is 2. The average molecular weight is 247 g/mol. The van der Waals surface area contributed by atoms with Gasteiger partial charge in [-0.2, -0.15) is 0 Å². The van der Waals surface area contributed by atoms with Crippen molar-refractivity contribution in [2.75, 3.05) is 45.4 Å². The van der Waals surface area contributed by atoms with Crippen molar-refractivity contribution in [1.29, 1.82) is 0 Å². The molecular formula is C13H21N5. The van der Waals surface area contributed by atoms with E-state index in [0.29, 0.717) is 0 Å². The van der Waals surface area contributed by atoms with Crippen LogP contribution in [0.1, 0.15) is 0 Å². The molecule has 0 saturated carbocycles. The first-order valence-corrected chi connectivity index (χ1v) is 6.07. The van der Waals surface area contributed by atoms with E-state index in [1.165, 1.54) is 0 Å². The van der Waals surface area contributed by atoms with E-state index in [4.69, 9.17) is 5.73 Å². The fourth-order valence-corrected chi connectivity index (χ4v) is 2.00. The first-order valence-electron chi connectivity index (χ1n) is 6.07. The first-order chi connectivity index (χ1) is 8.49. The second kappa shape index (κ2) is 4.86. The number of likely N-dealkylation sites (N-methyl/N-ethyl adjacent to an activating group) is 1. The third-order valence-corrected chi connectivity index (χ3v) is 2.92. The lowest BCUT2D eigenvalue weighted by atomic mass is 10.3. The number of benzene rings is 1. The molecule has 1 heterocycles. The molecule has 0 unspecified atom stereocenters. The monoisotopic (exact) mass is 247 g/mol. The van der Waals surface area contributed by atoms with Crippen LogP contribution >= 0.6 is 0 Å². The summed E-state index contributed by atoms with van der Waals surface area (Å²) in [6.45, 7) is 1.90. The number of hydrogen-bond acceptors (Lipinski definition) is 4. The van der Waals surface area contributed by atoms with E-state index in [9.17, 15) is 0 Å². The number of aromatic nitrogens is 2. The van der Waals surface area contributed by atoms with Crippen molar-refractivity contribution in [2.45, 2.75) is 6.54 Å². The summed E-state index contributed by atoms with van der Waals surface area (Å²) in [5.74, 6) is 0.970. The molecule has 98 valence electrons. The zero-order chi connectivity index (χ0) is 13.3. The number of fused-ring (bicyclic) bond motifs is 1. The fourth-order valence-electron chi connectivity index (χ4n) is 2.00. The van der Waals surface area contributed by atoms with Crippen molar-refractivity contribution in [3.8, 4) is 0 Å². The van der Waals surface area contributed by atoms with Gasteiger partial charge in [0.15, 0.2) is 0 Å². The molecule has 0 saturated heterocycles. The molecule has 18 heavy (non-hydrogen) atoms. The van der Waals surface area contributed by atoms with Crippen molar-refractivity contribution < 1.29 is 0 Å². The Labute approximate surface area is 108 Å². The van der Waals surface area contributed by atoms with Crippen LogP contribution in [0.3, 0.4) is 0 Å². The topological polar surface area (TPSA) is 50.3 Å². The summed E-state index contributed by atoms with van der Waals surface area (Å²) >= 11 is 0. The van der Waals surface area contributed by atoms with Crippen LogP contribution in [0.15, 0.2) is 18.2 Å². The van der Waals surface area contributed by atoms with Crippen molar-refractivity contribution in [3.63, 3.8) is 0 Å². The number of nitrogens with two attached hydrogens (primary N) is 1. The lowest BCUT2D eigenvalue weighted by Gasteiger charge is -2.17. The molecule has 0 amide bonds. The number of rotatable bonds is 4. The molecule has 0 radical (unpaired) electrons. The molecule has 0 atom stereocenters. The molecular weight excluding hydrogens is 226 g/mol. The Morgan fingerprint density at radius 2 is 1.94 bits per heavy atom. The van der Waals surface area contributed by atoms with Crippen molar-refractivity contribution in [2.24, 2.45) is 0 Å². The highest BCUT2D eigenvalue weighted by Crippen LogP contribution is 2.23. The van der Waals surface area contributed by atoms with E-state index in [1.54, 1.807) is 0 Å². The van der Waals surface area contributed by atoms with Crippen LogP contribution in [0.2, 0.25) is 0 Å². The number of nitrogens with zero attached hydrogens (tertiary/aromatic N) is 4. The van der Waals surface area contributed by atoms with Crippen molar-refractivity contribution in [1.82, 2.24) is 14.5 Å². The van der Waals surface area contributed by atoms with Gasteiger partial charge in [0.05, 0.1) is 11.0 Å². The largest absolute Gasteiger partial charge is 0.399 e. The van der Waals surface area contributed by atoms with Crippen molar-refractivity contribution >= 4 is 22.7 Å². The molecule has 0 bridgehead atoms. The highest BCUT2D eigenvalue weighted by Gasteiger charge is 2.12. The van der Waals surface area contributed by atoms with E-state index in [0.717, 1.165) is 35.8 Å². The van der Waals surface area contributed by atoms with E-state index >= 15 is 0 Å². The Morgan fingerprint density at radius 3 is 2.56 bits per heavy atom. The van der Waals surface area contributed by atoms with Gasteiger partial charge in [0.2, 0.25) is 5.95 Å². The minimum atomic E-state index is 0.755. The molecule has 2 N–H and O–H groups in total. The average Bonchev–Trinajstić information content (AvgIpc) is 2.64. The highest BCUT2D eigenvalue weighted by molar-refractivity contribution is 5.82. The smallest absolute Gasteiger partial charge is 0.206 e. The van der Waals surface area contributed by atoms with Crippen LogP contribution in [-0.2, 0) is 6.54 Å². The van der Waals surface area contributed by atoms with E-state index in [2.05, 4.69) is 28.5 Å². The lowest BCUT2D eigenvalue weighted by Crippen LogP contribution is -2.21. The maximum Gasteiger partial charge on any atom is 0.206 e. The molecule has 5 nitrogen and oxygen atoms in total. The second-order valence-electron chi connectivity index (χ2n) is 5.01. The summed E-state index contributed by atoms with van der Waals surface area (Å²) in [6, 6.07) is 5.89. The van der Waals surface area contributed by atoms with Gasteiger partial charge in [-0.25, -0.2) is 4.98 Å². The summed E-state index contributed by atoms with van der Waals surface area (Å²) in [5, 5.41) is 0. The van der Waals surface area contributed by atoms with Gasteiger partial charge in [0, 0.05) is 32.9 Å². The molecule has 0 spiro atoms. The molecule has 5 heteroatoms. The maximum absolute atomic E-state index is 5.81. The SMILES string of the molecule is CN(C)CCn1c(N(C)C)nc2cc(N)ccc21. The Bertz CT molecular complexity index is 542. The predicted molar refractivity (Wildman–Crippen MR) is 77.0 cm³/mol. The van der Waals surface area contributed by atoms with E-state index < -0.39 is 0 Å². The summed E-state index contributed by atoms with van der Waals surface area (Å²) in [4.78, 5) is 8.84. The number of hydrogen-bond donors (Lipinski definition) is 1. The summed E-state index contributed by atoms with van der Waals surface area (Å²) in [7, 11) is 8.17. The zero-order valence-corrected chi connectivity index (χ0v) is 11.5. The normalized spacial score (nSPS) is 11.4. The van der Waals surface area contributed by atoms with Gasteiger partial charge in [-0.05, 0) is 32.3 Å². The lowest BCUT2D eigenvalue weighted by molar-refractivity contribution is 0.387. The van der Waals surface area contributed by atoms with Crippen LogP contribution < -0.4 is 10.6 Å². The van der Waals surface area contributed by atoms with Crippen LogP contribution in [0.4, 0.5) is 11.6 Å². The summed E-state index contributed by atoms with van der Waals surface area (Å²) < 4.78 is 2.23. The van der Waals surface area contributed by atoms with Gasteiger partial charge in [-0.15, -0.1) is 0 Å². The Balaban J connectivity index is 2.48. The Morgan fingerprint density at radius 1 is 1.22 bits per heavy atom. The first kappa shape index (κ1) is 12.7. The van der Waals surface area contributed by atoms with E-state index in [1.807, 2.05) is 37.2 Å². The number of imidazole rings is 1. The van der Waals surface area contributed by atoms with E-state index in [-0.39, 0.29) is 0 Å². The second-order valence-corrected chi connectivity index (χ2v) is 5.01. The third-order valence-electron chi connectivity index (χ3n) is 2.92. The van der Waals surface area contributed by atoms with Gasteiger partial charge in [0.25, 0.3) is 0 Å². The van der Waals surface area contributed by atoms with Crippen LogP contribution in [-0.4, -0.2) is 49.2 Å². The van der Waals surface area contributed by atoms with Gasteiger partial charge in [-0.1, -0.05) is 0 Å². The molecule has 1 aromatic carbocycles. The van der Waals surface area contributed by atoms with Crippen molar-refractivity contribution in [3.05, 3.63) is 18.2 Å². The van der Waals surface area contributed by atoms with Crippen LogP contribution in [0.25, 0.3) is 11.0 Å².